The maximum absolute atomic E-state index is 6.07. The van der Waals surface area contributed by atoms with Crippen LogP contribution in [0.3, 0.4) is 0 Å². The van der Waals surface area contributed by atoms with E-state index in [0.29, 0.717) is 11.6 Å². The molecule has 0 bridgehead atoms. The highest BCUT2D eigenvalue weighted by atomic mass is 31.2. The van der Waals surface area contributed by atoms with Crippen LogP contribution in [0.1, 0.15) is 6.42 Å². The van der Waals surface area contributed by atoms with Gasteiger partial charge in [-0.05, 0) is 36.6 Å². The minimum atomic E-state index is -0.977. The Morgan fingerprint density at radius 2 is 1.40 bits per heavy atom. The molecular formula is C17H17O2P. The summed E-state index contributed by atoms with van der Waals surface area (Å²) in [6.45, 7) is 3.87. The van der Waals surface area contributed by atoms with Crippen molar-refractivity contribution in [3.05, 3.63) is 73.3 Å². The molecule has 0 amide bonds. The molecule has 0 N–H and O–H groups in total. The van der Waals surface area contributed by atoms with Gasteiger partial charge in [-0.15, -0.1) is 6.58 Å². The van der Waals surface area contributed by atoms with Crippen LogP contribution in [0.5, 0.6) is 11.5 Å². The van der Waals surface area contributed by atoms with Crippen LogP contribution in [0.4, 0.5) is 0 Å². The first-order chi connectivity index (χ1) is 9.86. The summed E-state index contributed by atoms with van der Waals surface area (Å²) in [4.78, 5) is 0. The zero-order valence-corrected chi connectivity index (χ0v) is 12.1. The molecule has 1 aliphatic carbocycles. The van der Waals surface area contributed by atoms with Gasteiger partial charge in [0.05, 0.1) is 5.66 Å². The van der Waals surface area contributed by atoms with Gasteiger partial charge in [-0.2, -0.15) is 0 Å². The number of para-hydroxylation sites is 2. The molecule has 0 radical (unpaired) electrons. The van der Waals surface area contributed by atoms with E-state index in [0.717, 1.165) is 17.9 Å². The smallest absolute Gasteiger partial charge is 0.294 e. The van der Waals surface area contributed by atoms with E-state index in [1.807, 2.05) is 66.7 Å². The van der Waals surface area contributed by atoms with E-state index >= 15 is 0 Å². The van der Waals surface area contributed by atoms with Crippen molar-refractivity contribution in [2.24, 2.45) is 5.92 Å². The Labute approximate surface area is 121 Å². The molecule has 102 valence electrons. The molecule has 2 aromatic carbocycles. The molecule has 0 saturated heterocycles. The zero-order chi connectivity index (χ0) is 13.8. The summed E-state index contributed by atoms with van der Waals surface area (Å²) in [5.74, 6) is 2.25. The van der Waals surface area contributed by atoms with Gasteiger partial charge in [0.25, 0.3) is 8.38 Å². The van der Waals surface area contributed by atoms with Gasteiger partial charge in [0, 0.05) is 0 Å². The Morgan fingerprint density at radius 1 is 0.900 bits per heavy atom. The lowest BCUT2D eigenvalue weighted by molar-refractivity contribution is 0.486. The summed E-state index contributed by atoms with van der Waals surface area (Å²) in [6.07, 6.45) is 3.11. The molecule has 0 unspecified atom stereocenters. The third-order valence-electron chi connectivity index (χ3n) is 3.26. The second-order valence-corrected chi connectivity index (χ2v) is 6.40. The lowest BCUT2D eigenvalue weighted by Gasteiger charge is -2.18. The van der Waals surface area contributed by atoms with Crippen LogP contribution in [-0.2, 0) is 0 Å². The number of hydrogen-bond donors (Lipinski definition) is 0. The molecule has 0 aromatic heterocycles. The van der Waals surface area contributed by atoms with Crippen molar-refractivity contribution >= 4 is 8.38 Å². The lowest BCUT2D eigenvalue weighted by Crippen LogP contribution is -2.01. The van der Waals surface area contributed by atoms with Crippen LogP contribution in [-0.4, -0.2) is 5.66 Å². The van der Waals surface area contributed by atoms with E-state index in [2.05, 4.69) is 6.58 Å². The summed E-state index contributed by atoms with van der Waals surface area (Å²) in [6, 6.07) is 19.7. The monoisotopic (exact) mass is 284 g/mol. The Balaban J connectivity index is 1.73. The summed E-state index contributed by atoms with van der Waals surface area (Å²) in [7, 11) is -0.977. The van der Waals surface area contributed by atoms with Crippen LogP contribution in [0.25, 0.3) is 0 Å². The van der Waals surface area contributed by atoms with Gasteiger partial charge in [0.15, 0.2) is 0 Å². The van der Waals surface area contributed by atoms with E-state index in [1.165, 1.54) is 0 Å². The molecule has 2 nitrogen and oxygen atoms in total. The normalized spacial score (nSPS) is 20.4. The van der Waals surface area contributed by atoms with E-state index in [9.17, 15) is 0 Å². The molecule has 1 fully saturated rings. The topological polar surface area (TPSA) is 18.5 Å². The summed E-state index contributed by atoms with van der Waals surface area (Å²) < 4.78 is 12.1. The average Bonchev–Trinajstić information content (AvgIpc) is 3.28. The van der Waals surface area contributed by atoms with Crippen LogP contribution < -0.4 is 9.05 Å². The van der Waals surface area contributed by atoms with Crippen molar-refractivity contribution in [3.63, 3.8) is 0 Å². The molecule has 3 rings (SSSR count). The van der Waals surface area contributed by atoms with Gasteiger partial charge in [-0.3, -0.25) is 0 Å². The zero-order valence-electron chi connectivity index (χ0n) is 11.2. The van der Waals surface area contributed by atoms with Crippen LogP contribution in [0, 0.1) is 5.92 Å². The summed E-state index contributed by atoms with van der Waals surface area (Å²) in [5.41, 5.74) is 0.447. The SMILES string of the molecule is C=C[C@@H]1C[C@@H]1P(Oc1ccccc1)Oc1ccccc1. The predicted molar refractivity (Wildman–Crippen MR) is 83.2 cm³/mol. The van der Waals surface area contributed by atoms with Crippen molar-refractivity contribution in [1.82, 2.24) is 0 Å². The lowest BCUT2D eigenvalue weighted by atomic mass is 10.3. The van der Waals surface area contributed by atoms with Gasteiger partial charge >= 0.3 is 0 Å². The maximum atomic E-state index is 6.07. The summed E-state index contributed by atoms with van der Waals surface area (Å²) in [5, 5.41) is 0. The molecule has 2 atom stereocenters. The molecule has 3 heteroatoms. The standard InChI is InChI=1S/C17H17O2P/c1-2-14-13-17(14)20(18-15-9-5-3-6-10-15)19-16-11-7-4-8-12-16/h2-12,14,17H,1,13H2/t14-,17+/m1/s1. The quantitative estimate of drug-likeness (QED) is 0.547. The Hall–Kier alpha value is -1.79. The second kappa shape index (κ2) is 6.11. The van der Waals surface area contributed by atoms with Gasteiger partial charge in [-0.1, -0.05) is 42.5 Å². The number of rotatable bonds is 6. The minimum Gasteiger partial charge on any atom is -0.438 e. The summed E-state index contributed by atoms with van der Waals surface area (Å²) >= 11 is 0. The fourth-order valence-electron chi connectivity index (χ4n) is 2.02. The van der Waals surface area contributed by atoms with Gasteiger partial charge in [0.1, 0.15) is 11.5 Å². The number of hydrogen-bond acceptors (Lipinski definition) is 2. The second-order valence-electron chi connectivity index (χ2n) is 4.80. The fraction of sp³-hybridized carbons (Fsp3) is 0.176. The third-order valence-corrected chi connectivity index (χ3v) is 5.17. The molecule has 1 aliphatic rings. The van der Waals surface area contributed by atoms with Crippen molar-refractivity contribution in [3.8, 4) is 11.5 Å². The van der Waals surface area contributed by atoms with Crippen LogP contribution in [0.2, 0.25) is 0 Å². The van der Waals surface area contributed by atoms with E-state index in [1.54, 1.807) is 0 Å². The van der Waals surface area contributed by atoms with Gasteiger partial charge < -0.3 is 9.05 Å². The highest BCUT2D eigenvalue weighted by molar-refractivity contribution is 7.49. The molecular weight excluding hydrogens is 267 g/mol. The molecule has 20 heavy (non-hydrogen) atoms. The van der Waals surface area contributed by atoms with Crippen molar-refractivity contribution in [1.29, 1.82) is 0 Å². The van der Waals surface area contributed by atoms with Crippen LogP contribution >= 0.6 is 8.38 Å². The first-order valence-electron chi connectivity index (χ1n) is 6.74. The Morgan fingerprint density at radius 3 is 1.80 bits per heavy atom. The highest BCUT2D eigenvalue weighted by Gasteiger charge is 2.45. The largest absolute Gasteiger partial charge is 0.438 e. The average molecular weight is 284 g/mol. The van der Waals surface area contributed by atoms with E-state index in [4.69, 9.17) is 9.05 Å². The predicted octanol–water partition coefficient (Wildman–Crippen LogP) is 5.03. The molecule has 2 aromatic rings. The third kappa shape index (κ3) is 3.20. The van der Waals surface area contributed by atoms with Crippen molar-refractivity contribution in [2.45, 2.75) is 12.1 Å². The number of allylic oxidation sites excluding steroid dienone is 1. The molecule has 0 spiro atoms. The van der Waals surface area contributed by atoms with E-state index < -0.39 is 8.38 Å². The van der Waals surface area contributed by atoms with Gasteiger partial charge in [0.2, 0.25) is 0 Å². The van der Waals surface area contributed by atoms with Crippen LogP contribution in [0.15, 0.2) is 73.3 Å². The van der Waals surface area contributed by atoms with Crippen molar-refractivity contribution in [2.75, 3.05) is 0 Å². The van der Waals surface area contributed by atoms with Crippen molar-refractivity contribution < 1.29 is 9.05 Å². The number of benzene rings is 2. The Bertz CT molecular complexity index is 514. The molecule has 0 aliphatic heterocycles. The highest BCUT2D eigenvalue weighted by Crippen LogP contribution is 2.58. The Kier molecular flexibility index (Phi) is 4.03. The minimum absolute atomic E-state index is 0.447. The first-order valence-corrected chi connectivity index (χ1v) is 7.99. The maximum Gasteiger partial charge on any atom is 0.294 e. The van der Waals surface area contributed by atoms with E-state index in [-0.39, 0.29) is 0 Å². The molecule has 1 saturated carbocycles. The molecule has 0 heterocycles. The van der Waals surface area contributed by atoms with Gasteiger partial charge in [-0.25, -0.2) is 0 Å². The fourth-order valence-corrected chi connectivity index (χ4v) is 3.84. The first kappa shape index (κ1) is 13.2.